The van der Waals surface area contributed by atoms with Gasteiger partial charge >= 0.3 is 0 Å². The van der Waals surface area contributed by atoms with Crippen molar-refractivity contribution in [1.29, 1.82) is 0 Å². The summed E-state index contributed by atoms with van der Waals surface area (Å²) >= 11 is 0. The van der Waals surface area contributed by atoms with Crippen LogP contribution in [0.2, 0.25) is 0 Å². The van der Waals surface area contributed by atoms with Gasteiger partial charge in [0, 0.05) is 13.0 Å². The molecule has 3 nitrogen and oxygen atoms in total. The van der Waals surface area contributed by atoms with E-state index in [0.29, 0.717) is 18.9 Å². The average molecular weight is 277 g/mol. The second kappa shape index (κ2) is 9.40. The lowest BCUT2D eigenvalue weighted by atomic mass is 10.1. The second-order valence-corrected chi connectivity index (χ2v) is 5.54. The van der Waals surface area contributed by atoms with Crippen molar-refractivity contribution in [2.24, 2.45) is 5.92 Å². The highest BCUT2D eigenvalue weighted by molar-refractivity contribution is 5.75. The van der Waals surface area contributed by atoms with Gasteiger partial charge in [-0.3, -0.25) is 4.79 Å². The molecule has 1 aromatic carbocycles. The molecule has 0 aliphatic rings. The monoisotopic (exact) mass is 277 g/mol. The Morgan fingerprint density at radius 3 is 2.55 bits per heavy atom. The first kappa shape index (κ1) is 16.5. The lowest BCUT2D eigenvalue weighted by Gasteiger charge is -2.09. The summed E-state index contributed by atoms with van der Waals surface area (Å²) in [6.45, 7) is 7.69. The average Bonchev–Trinajstić information content (AvgIpc) is 2.43. The van der Waals surface area contributed by atoms with Crippen molar-refractivity contribution in [1.82, 2.24) is 5.32 Å². The van der Waals surface area contributed by atoms with E-state index >= 15 is 0 Å². The van der Waals surface area contributed by atoms with E-state index in [1.54, 1.807) is 0 Å². The zero-order chi connectivity index (χ0) is 14.8. The van der Waals surface area contributed by atoms with Crippen LogP contribution in [-0.2, 0) is 11.2 Å². The lowest BCUT2D eigenvalue weighted by Crippen LogP contribution is -2.27. The van der Waals surface area contributed by atoms with E-state index in [9.17, 15) is 4.79 Å². The Balaban J connectivity index is 2.16. The van der Waals surface area contributed by atoms with Crippen LogP contribution < -0.4 is 10.1 Å². The van der Waals surface area contributed by atoms with E-state index in [-0.39, 0.29) is 5.91 Å². The predicted molar refractivity (Wildman–Crippen MR) is 83.0 cm³/mol. The number of rotatable bonds is 9. The number of ether oxygens (including phenoxy) is 1. The van der Waals surface area contributed by atoms with Crippen molar-refractivity contribution in [3.63, 3.8) is 0 Å². The van der Waals surface area contributed by atoms with Crippen molar-refractivity contribution in [3.05, 3.63) is 29.8 Å². The molecule has 0 saturated carbocycles. The summed E-state index contributed by atoms with van der Waals surface area (Å²) in [4.78, 5) is 11.5. The number of carbonyl (C=O) groups excluding carboxylic acids is 1. The molecule has 1 amide bonds. The fourth-order valence-corrected chi connectivity index (χ4v) is 1.87. The molecule has 0 bridgehead atoms. The van der Waals surface area contributed by atoms with Gasteiger partial charge in [-0.1, -0.05) is 39.3 Å². The van der Waals surface area contributed by atoms with Gasteiger partial charge in [0.15, 0.2) is 0 Å². The molecule has 0 heterocycles. The second-order valence-electron chi connectivity index (χ2n) is 5.54. The Morgan fingerprint density at radius 1 is 1.25 bits per heavy atom. The van der Waals surface area contributed by atoms with Crippen molar-refractivity contribution in [3.8, 4) is 5.75 Å². The summed E-state index contributed by atoms with van der Waals surface area (Å²) < 4.78 is 5.64. The highest BCUT2D eigenvalue weighted by Gasteiger charge is 2.02. The van der Waals surface area contributed by atoms with Gasteiger partial charge < -0.3 is 10.1 Å². The molecular weight excluding hydrogens is 250 g/mol. The predicted octanol–water partition coefficient (Wildman–Crippen LogP) is 3.57. The highest BCUT2D eigenvalue weighted by Crippen LogP contribution is 2.13. The first-order valence-corrected chi connectivity index (χ1v) is 7.60. The van der Waals surface area contributed by atoms with E-state index in [2.05, 4.69) is 38.2 Å². The van der Waals surface area contributed by atoms with E-state index in [1.165, 1.54) is 5.56 Å². The van der Waals surface area contributed by atoms with Gasteiger partial charge in [0.1, 0.15) is 5.75 Å². The van der Waals surface area contributed by atoms with Gasteiger partial charge in [-0.25, -0.2) is 0 Å². The van der Waals surface area contributed by atoms with Gasteiger partial charge in [-0.05, 0) is 36.5 Å². The molecule has 112 valence electrons. The minimum atomic E-state index is 0.112. The Morgan fingerprint density at radius 2 is 1.95 bits per heavy atom. The number of nitrogens with one attached hydrogen (secondary N) is 1. The van der Waals surface area contributed by atoms with Gasteiger partial charge in [-0.15, -0.1) is 0 Å². The molecule has 0 aromatic heterocycles. The maximum Gasteiger partial charge on any atom is 0.220 e. The molecular formula is C17H27NO2. The molecule has 0 aliphatic carbocycles. The molecule has 0 atom stereocenters. The third-order valence-corrected chi connectivity index (χ3v) is 2.99. The Hall–Kier alpha value is -1.51. The minimum Gasteiger partial charge on any atom is -0.494 e. The number of aryl methyl sites for hydroxylation is 1. The van der Waals surface area contributed by atoms with Gasteiger partial charge in [0.05, 0.1) is 6.61 Å². The molecule has 0 unspecified atom stereocenters. The molecule has 1 aromatic rings. The maximum atomic E-state index is 11.5. The Labute approximate surface area is 122 Å². The molecule has 0 spiro atoms. The van der Waals surface area contributed by atoms with Crippen LogP contribution in [0.1, 0.15) is 45.6 Å². The summed E-state index contributed by atoms with van der Waals surface area (Å²) in [5.41, 5.74) is 1.34. The summed E-state index contributed by atoms with van der Waals surface area (Å²) in [5, 5.41) is 2.91. The largest absolute Gasteiger partial charge is 0.494 e. The molecule has 20 heavy (non-hydrogen) atoms. The van der Waals surface area contributed by atoms with Crippen LogP contribution in [0.5, 0.6) is 5.75 Å². The number of carbonyl (C=O) groups is 1. The van der Waals surface area contributed by atoms with Crippen LogP contribution in [0.3, 0.4) is 0 Å². The summed E-state index contributed by atoms with van der Waals surface area (Å²) in [6, 6.07) is 8.22. The van der Waals surface area contributed by atoms with Crippen molar-refractivity contribution in [2.75, 3.05) is 13.2 Å². The first-order chi connectivity index (χ1) is 9.61. The van der Waals surface area contributed by atoms with Crippen LogP contribution in [-0.4, -0.2) is 19.1 Å². The smallest absolute Gasteiger partial charge is 0.220 e. The van der Waals surface area contributed by atoms with E-state index in [0.717, 1.165) is 31.6 Å². The Bertz CT molecular complexity index is 384. The molecule has 0 saturated heterocycles. The molecule has 1 rings (SSSR count). The van der Waals surface area contributed by atoms with Gasteiger partial charge in [0.25, 0.3) is 0 Å². The highest BCUT2D eigenvalue weighted by atomic mass is 16.5. The van der Waals surface area contributed by atoms with Gasteiger partial charge in [0.2, 0.25) is 5.91 Å². The summed E-state index contributed by atoms with van der Waals surface area (Å²) in [6.07, 6.45) is 3.54. The minimum absolute atomic E-state index is 0.112. The van der Waals surface area contributed by atoms with Crippen LogP contribution in [0.25, 0.3) is 0 Å². The van der Waals surface area contributed by atoms with E-state index < -0.39 is 0 Å². The maximum absolute atomic E-state index is 11.5. The fraction of sp³-hybridized carbons (Fsp3) is 0.588. The van der Waals surface area contributed by atoms with E-state index in [4.69, 9.17) is 4.74 Å². The molecule has 0 radical (unpaired) electrons. The zero-order valence-electron chi connectivity index (χ0n) is 12.9. The summed E-state index contributed by atoms with van der Waals surface area (Å²) in [5.74, 6) is 1.49. The van der Waals surface area contributed by atoms with Crippen LogP contribution in [0.15, 0.2) is 24.3 Å². The molecule has 0 fully saturated rings. The number of hydrogen-bond acceptors (Lipinski definition) is 2. The van der Waals surface area contributed by atoms with E-state index in [1.807, 2.05) is 12.1 Å². The number of amides is 1. The van der Waals surface area contributed by atoms with Crippen molar-refractivity contribution < 1.29 is 9.53 Å². The van der Waals surface area contributed by atoms with Crippen LogP contribution in [0, 0.1) is 5.92 Å². The van der Waals surface area contributed by atoms with Crippen LogP contribution in [0.4, 0.5) is 0 Å². The zero-order valence-corrected chi connectivity index (χ0v) is 12.9. The molecule has 3 heteroatoms. The normalized spacial score (nSPS) is 10.6. The fourth-order valence-electron chi connectivity index (χ4n) is 1.87. The molecule has 0 aliphatic heterocycles. The lowest BCUT2D eigenvalue weighted by molar-refractivity contribution is -0.121. The molecule has 1 N–H and O–H groups in total. The van der Waals surface area contributed by atoms with Crippen molar-refractivity contribution in [2.45, 2.75) is 46.5 Å². The number of hydrogen-bond donors (Lipinski definition) is 1. The SMILES string of the molecule is CCCc1ccc(OCCCC(=O)NCC(C)C)cc1. The number of benzene rings is 1. The first-order valence-electron chi connectivity index (χ1n) is 7.60. The van der Waals surface area contributed by atoms with Crippen molar-refractivity contribution >= 4 is 5.91 Å². The quantitative estimate of drug-likeness (QED) is 0.701. The Kier molecular flexibility index (Phi) is 7.78. The summed E-state index contributed by atoms with van der Waals surface area (Å²) in [7, 11) is 0. The van der Waals surface area contributed by atoms with Gasteiger partial charge in [-0.2, -0.15) is 0 Å². The van der Waals surface area contributed by atoms with Crippen LogP contribution >= 0.6 is 0 Å². The third kappa shape index (κ3) is 7.17. The standard InChI is InChI=1S/C17H27NO2/c1-4-6-15-8-10-16(11-9-15)20-12-5-7-17(19)18-13-14(2)3/h8-11,14H,4-7,12-13H2,1-3H3,(H,18,19). The topological polar surface area (TPSA) is 38.3 Å². The third-order valence-electron chi connectivity index (χ3n) is 2.99.